The summed E-state index contributed by atoms with van der Waals surface area (Å²) in [5.41, 5.74) is 0. The minimum atomic E-state index is -0.0640. The molecule has 0 spiro atoms. The van der Waals surface area contributed by atoms with Gasteiger partial charge in [0.25, 0.3) is 0 Å². The second-order valence-electron chi connectivity index (χ2n) is 4.87. The number of hydrogen-bond donors (Lipinski definition) is 2. The second-order valence-corrected chi connectivity index (χ2v) is 4.87. The lowest BCUT2D eigenvalue weighted by molar-refractivity contribution is -0.117. The Morgan fingerprint density at radius 3 is 3.00 bits per heavy atom. The van der Waals surface area contributed by atoms with E-state index in [2.05, 4.69) is 25.5 Å². The summed E-state index contributed by atoms with van der Waals surface area (Å²) in [6.07, 6.45) is 6.62. The SMILES string of the molecule is CN(CC(=O)Nc1ncccn1)C1CCCNCC1. The van der Waals surface area contributed by atoms with Crippen LogP contribution in [-0.4, -0.2) is 53.5 Å². The number of hydrogen-bond acceptors (Lipinski definition) is 5. The summed E-state index contributed by atoms with van der Waals surface area (Å²) in [6.45, 7) is 2.48. The lowest BCUT2D eigenvalue weighted by Crippen LogP contribution is -2.38. The molecule has 104 valence electrons. The van der Waals surface area contributed by atoms with Crippen LogP contribution in [-0.2, 0) is 4.79 Å². The summed E-state index contributed by atoms with van der Waals surface area (Å²) < 4.78 is 0. The van der Waals surface area contributed by atoms with Crippen molar-refractivity contribution in [3.63, 3.8) is 0 Å². The van der Waals surface area contributed by atoms with Crippen molar-refractivity contribution in [2.45, 2.75) is 25.3 Å². The topological polar surface area (TPSA) is 70.2 Å². The molecule has 1 aromatic rings. The van der Waals surface area contributed by atoms with Crippen molar-refractivity contribution in [1.29, 1.82) is 0 Å². The molecule has 19 heavy (non-hydrogen) atoms. The largest absolute Gasteiger partial charge is 0.317 e. The van der Waals surface area contributed by atoms with E-state index in [0.717, 1.165) is 25.9 Å². The van der Waals surface area contributed by atoms with Gasteiger partial charge in [0.15, 0.2) is 0 Å². The van der Waals surface area contributed by atoms with Crippen molar-refractivity contribution in [1.82, 2.24) is 20.2 Å². The first kappa shape index (κ1) is 13.9. The van der Waals surface area contributed by atoms with Crippen molar-refractivity contribution in [3.8, 4) is 0 Å². The molecule has 2 heterocycles. The molecule has 0 aliphatic carbocycles. The third-order valence-corrected chi connectivity index (χ3v) is 3.38. The molecule has 2 rings (SSSR count). The fraction of sp³-hybridized carbons (Fsp3) is 0.615. The van der Waals surface area contributed by atoms with Crippen molar-refractivity contribution >= 4 is 11.9 Å². The fourth-order valence-electron chi connectivity index (χ4n) is 2.32. The third kappa shape index (κ3) is 4.57. The van der Waals surface area contributed by atoms with Gasteiger partial charge in [-0.2, -0.15) is 0 Å². The van der Waals surface area contributed by atoms with Crippen LogP contribution in [0.25, 0.3) is 0 Å². The molecule has 1 aliphatic rings. The maximum Gasteiger partial charge on any atom is 0.240 e. The van der Waals surface area contributed by atoms with E-state index in [1.54, 1.807) is 18.5 Å². The predicted octanol–water partition coefficient (Wildman–Crippen LogP) is 0.489. The Hall–Kier alpha value is -1.53. The van der Waals surface area contributed by atoms with Gasteiger partial charge in [0.2, 0.25) is 11.9 Å². The normalized spacial score (nSPS) is 20.0. The first-order valence-electron chi connectivity index (χ1n) is 6.73. The Bertz CT molecular complexity index is 389. The van der Waals surface area contributed by atoms with Crippen molar-refractivity contribution in [3.05, 3.63) is 18.5 Å². The molecule has 0 aromatic carbocycles. The smallest absolute Gasteiger partial charge is 0.240 e. The summed E-state index contributed by atoms with van der Waals surface area (Å²) in [7, 11) is 2.00. The van der Waals surface area contributed by atoms with Crippen molar-refractivity contribution in [2.24, 2.45) is 0 Å². The lowest BCUT2D eigenvalue weighted by atomic mass is 10.1. The first-order valence-corrected chi connectivity index (χ1v) is 6.73. The van der Waals surface area contributed by atoms with E-state index in [9.17, 15) is 4.79 Å². The van der Waals surface area contributed by atoms with Crippen LogP contribution < -0.4 is 10.6 Å². The van der Waals surface area contributed by atoms with Crippen LogP contribution in [0, 0.1) is 0 Å². The van der Waals surface area contributed by atoms with E-state index in [4.69, 9.17) is 0 Å². The molecule has 1 fully saturated rings. The number of nitrogens with zero attached hydrogens (tertiary/aromatic N) is 3. The van der Waals surface area contributed by atoms with Gasteiger partial charge in [-0.1, -0.05) is 0 Å². The fourth-order valence-corrected chi connectivity index (χ4v) is 2.32. The summed E-state index contributed by atoms with van der Waals surface area (Å²) in [5.74, 6) is 0.300. The van der Waals surface area contributed by atoms with Gasteiger partial charge in [-0.15, -0.1) is 0 Å². The van der Waals surface area contributed by atoms with Crippen LogP contribution in [0.1, 0.15) is 19.3 Å². The number of rotatable bonds is 4. The maximum atomic E-state index is 11.9. The van der Waals surface area contributed by atoms with Crippen LogP contribution in [0.3, 0.4) is 0 Å². The van der Waals surface area contributed by atoms with Gasteiger partial charge in [-0.3, -0.25) is 15.0 Å². The number of likely N-dealkylation sites (N-methyl/N-ethyl adjacent to an activating group) is 1. The van der Waals surface area contributed by atoms with Gasteiger partial charge in [-0.05, 0) is 45.5 Å². The van der Waals surface area contributed by atoms with Gasteiger partial charge in [0, 0.05) is 18.4 Å². The molecule has 2 N–H and O–H groups in total. The summed E-state index contributed by atoms with van der Waals surface area (Å²) in [4.78, 5) is 22.0. The minimum absolute atomic E-state index is 0.0640. The number of nitrogens with one attached hydrogen (secondary N) is 2. The average molecular weight is 263 g/mol. The van der Waals surface area contributed by atoms with Gasteiger partial charge >= 0.3 is 0 Å². The van der Waals surface area contributed by atoms with Crippen molar-refractivity contribution < 1.29 is 4.79 Å². The monoisotopic (exact) mass is 263 g/mol. The van der Waals surface area contributed by atoms with E-state index in [1.807, 2.05) is 7.05 Å². The molecule has 1 atom stereocenters. The minimum Gasteiger partial charge on any atom is -0.317 e. The molecule has 1 aliphatic heterocycles. The summed E-state index contributed by atoms with van der Waals surface area (Å²) in [6, 6.07) is 2.19. The van der Waals surface area contributed by atoms with Gasteiger partial charge in [0.1, 0.15) is 0 Å². The van der Waals surface area contributed by atoms with Crippen LogP contribution >= 0.6 is 0 Å². The highest BCUT2D eigenvalue weighted by Crippen LogP contribution is 2.11. The summed E-state index contributed by atoms with van der Waals surface area (Å²) >= 11 is 0. The van der Waals surface area contributed by atoms with Crippen LogP contribution in [0.4, 0.5) is 5.95 Å². The maximum absolute atomic E-state index is 11.9. The van der Waals surface area contributed by atoms with Crippen LogP contribution in [0.15, 0.2) is 18.5 Å². The first-order chi connectivity index (χ1) is 9.25. The highest BCUT2D eigenvalue weighted by Gasteiger charge is 2.18. The molecular formula is C13H21N5O. The highest BCUT2D eigenvalue weighted by molar-refractivity contribution is 5.90. The summed E-state index contributed by atoms with van der Waals surface area (Å²) in [5, 5.41) is 6.09. The number of aromatic nitrogens is 2. The molecule has 0 saturated carbocycles. The quantitative estimate of drug-likeness (QED) is 0.827. The molecule has 6 heteroatoms. The number of carbonyl (C=O) groups excluding carboxylic acids is 1. The Kier molecular flexibility index (Phi) is 5.23. The number of carbonyl (C=O) groups is 1. The zero-order valence-electron chi connectivity index (χ0n) is 11.3. The Labute approximate surface area is 113 Å². The van der Waals surface area contributed by atoms with E-state index >= 15 is 0 Å². The number of amides is 1. The molecular weight excluding hydrogens is 242 g/mol. The van der Waals surface area contributed by atoms with Crippen LogP contribution in [0.5, 0.6) is 0 Å². The average Bonchev–Trinajstić information content (AvgIpc) is 2.68. The Morgan fingerprint density at radius 2 is 2.21 bits per heavy atom. The number of anilines is 1. The molecule has 6 nitrogen and oxygen atoms in total. The van der Waals surface area contributed by atoms with Crippen molar-refractivity contribution in [2.75, 3.05) is 32.0 Å². The van der Waals surface area contributed by atoms with Gasteiger partial charge in [0.05, 0.1) is 6.54 Å². The van der Waals surface area contributed by atoms with E-state index in [0.29, 0.717) is 18.5 Å². The van der Waals surface area contributed by atoms with Gasteiger partial charge in [-0.25, -0.2) is 9.97 Å². The molecule has 1 unspecified atom stereocenters. The van der Waals surface area contributed by atoms with Gasteiger partial charge < -0.3 is 5.32 Å². The Balaban J connectivity index is 1.80. The third-order valence-electron chi connectivity index (χ3n) is 3.38. The zero-order valence-corrected chi connectivity index (χ0v) is 11.3. The standard InChI is InChI=1S/C13H21N5O/c1-18(11-4-2-6-14-9-5-11)10-12(19)17-13-15-7-3-8-16-13/h3,7-8,11,14H,2,4-6,9-10H2,1H3,(H,15,16,17,19). The molecule has 0 radical (unpaired) electrons. The van der Waals surface area contributed by atoms with E-state index in [1.165, 1.54) is 6.42 Å². The van der Waals surface area contributed by atoms with E-state index < -0.39 is 0 Å². The molecule has 1 amide bonds. The predicted molar refractivity (Wildman–Crippen MR) is 73.8 cm³/mol. The Morgan fingerprint density at radius 1 is 1.42 bits per heavy atom. The van der Waals surface area contributed by atoms with E-state index in [-0.39, 0.29) is 5.91 Å². The second kappa shape index (κ2) is 7.16. The van der Waals surface area contributed by atoms with Crippen LogP contribution in [0.2, 0.25) is 0 Å². The molecule has 1 saturated heterocycles. The highest BCUT2D eigenvalue weighted by atomic mass is 16.2. The molecule has 0 bridgehead atoms. The zero-order chi connectivity index (χ0) is 13.5. The molecule has 1 aromatic heterocycles. The lowest BCUT2D eigenvalue weighted by Gasteiger charge is -2.25.